The molecule has 2 rings (SSSR count). The number of nitrogens with one attached hydrogen (secondary N) is 1. The number of aryl methyl sites for hydroxylation is 1. The summed E-state index contributed by atoms with van der Waals surface area (Å²) in [7, 11) is 0. The zero-order valence-corrected chi connectivity index (χ0v) is 15.6. The van der Waals surface area contributed by atoms with Crippen molar-refractivity contribution in [3.8, 4) is 5.75 Å². The fourth-order valence-electron chi connectivity index (χ4n) is 2.87. The summed E-state index contributed by atoms with van der Waals surface area (Å²) in [5, 5.41) is 0. The van der Waals surface area contributed by atoms with Gasteiger partial charge < -0.3 is 14.5 Å². The maximum Gasteiger partial charge on any atom is 0.355 e. The van der Waals surface area contributed by atoms with Crippen LogP contribution in [0.1, 0.15) is 63.2 Å². The van der Waals surface area contributed by atoms with Gasteiger partial charge in [-0.2, -0.15) is 0 Å². The topological polar surface area (TPSA) is 85.5 Å². The Morgan fingerprint density at radius 3 is 2.23 bits per heavy atom. The number of ketones is 2. The van der Waals surface area contributed by atoms with Gasteiger partial charge in [0.15, 0.2) is 11.9 Å². The molecule has 0 aliphatic carbocycles. The lowest BCUT2D eigenvalue weighted by atomic mass is 10.1. The first-order valence-corrected chi connectivity index (χ1v) is 8.44. The first-order valence-electron chi connectivity index (χ1n) is 8.44. The van der Waals surface area contributed by atoms with Crippen LogP contribution in [0, 0.1) is 13.8 Å². The van der Waals surface area contributed by atoms with Gasteiger partial charge >= 0.3 is 5.97 Å². The number of carbonyl (C=O) groups excluding carboxylic acids is 3. The molecule has 0 spiro atoms. The summed E-state index contributed by atoms with van der Waals surface area (Å²) in [5.74, 6) is -0.434. The predicted octanol–water partition coefficient (Wildman–Crippen LogP) is 3.66. The summed E-state index contributed by atoms with van der Waals surface area (Å²) in [6.07, 6.45) is -0.954. The molecule has 0 aliphatic rings. The van der Waals surface area contributed by atoms with Crippen molar-refractivity contribution in [1.82, 2.24) is 4.98 Å². The second-order valence-corrected chi connectivity index (χ2v) is 6.05. The molecule has 0 unspecified atom stereocenters. The summed E-state index contributed by atoms with van der Waals surface area (Å²) in [6.45, 7) is 8.77. The highest BCUT2D eigenvalue weighted by atomic mass is 16.5. The maximum absolute atomic E-state index is 12.5. The lowest BCUT2D eigenvalue weighted by Gasteiger charge is -2.12. The van der Waals surface area contributed by atoms with Gasteiger partial charge in [-0.1, -0.05) is 0 Å². The minimum atomic E-state index is -0.954. The van der Waals surface area contributed by atoms with Gasteiger partial charge in [-0.15, -0.1) is 0 Å². The zero-order valence-electron chi connectivity index (χ0n) is 15.6. The fourth-order valence-corrected chi connectivity index (χ4v) is 2.87. The van der Waals surface area contributed by atoms with Crippen molar-refractivity contribution in [3.63, 3.8) is 0 Å². The van der Waals surface area contributed by atoms with E-state index in [-0.39, 0.29) is 17.3 Å². The second-order valence-electron chi connectivity index (χ2n) is 6.05. The molecule has 1 aromatic heterocycles. The first kappa shape index (κ1) is 19.4. The number of benzene rings is 1. The third kappa shape index (κ3) is 4.02. The molecule has 6 nitrogen and oxygen atoms in total. The molecule has 6 heteroatoms. The number of esters is 1. The van der Waals surface area contributed by atoms with Crippen LogP contribution < -0.4 is 4.74 Å². The van der Waals surface area contributed by atoms with Crippen LogP contribution in [0.25, 0.3) is 0 Å². The van der Waals surface area contributed by atoms with Crippen molar-refractivity contribution in [2.45, 2.75) is 40.7 Å². The number of hydrogen-bond donors (Lipinski definition) is 1. The van der Waals surface area contributed by atoms with E-state index in [1.807, 2.05) is 6.92 Å². The van der Waals surface area contributed by atoms with Crippen LogP contribution in [-0.4, -0.2) is 35.2 Å². The molecule has 0 bridgehead atoms. The van der Waals surface area contributed by atoms with Gasteiger partial charge in [0.1, 0.15) is 11.4 Å². The van der Waals surface area contributed by atoms with E-state index in [9.17, 15) is 14.4 Å². The SMILES string of the molecule is CCOc1ccc(C(=O)[C@@H](C)OC(=O)c2[nH]c(C)c(C(C)=O)c2C)cc1. The van der Waals surface area contributed by atoms with Gasteiger partial charge in [0.2, 0.25) is 5.78 Å². The molecule has 0 aliphatic heterocycles. The van der Waals surface area contributed by atoms with Crippen LogP contribution in [0.2, 0.25) is 0 Å². The van der Waals surface area contributed by atoms with Crippen molar-refractivity contribution in [2.24, 2.45) is 0 Å². The summed E-state index contributed by atoms with van der Waals surface area (Å²) >= 11 is 0. The van der Waals surface area contributed by atoms with Crippen LogP contribution in [0.15, 0.2) is 24.3 Å². The number of hydrogen-bond acceptors (Lipinski definition) is 5. The van der Waals surface area contributed by atoms with Crippen molar-refractivity contribution in [3.05, 3.63) is 52.3 Å². The monoisotopic (exact) mass is 357 g/mol. The highest BCUT2D eigenvalue weighted by Gasteiger charge is 2.25. The molecule has 0 saturated heterocycles. The average Bonchev–Trinajstić information content (AvgIpc) is 2.89. The lowest BCUT2D eigenvalue weighted by molar-refractivity contribution is 0.0313. The molecular weight excluding hydrogens is 334 g/mol. The molecule has 0 saturated carbocycles. The Labute approximate surface area is 152 Å². The average molecular weight is 357 g/mol. The number of carbonyl (C=O) groups is 3. The van der Waals surface area contributed by atoms with Gasteiger partial charge in [0.05, 0.1) is 6.61 Å². The molecule has 2 aromatic rings. The summed E-state index contributed by atoms with van der Waals surface area (Å²) in [5.41, 5.74) is 2.23. The Hall–Kier alpha value is -2.89. The third-order valence-electron chi connectivity index (χ3n) is 4.10. The van der Waals surface area contributed by atoms with Crippen LogP contribution in [-0.2, 0) is 4.74 Å². The van der Waals surface area contributed by atoms with Crippen molar-refractivity contribution in [2.75, 3.05) is 6.61 Å². The van der Waals surface area contributed by atoms with Crippen LogP contribution in [0.3, 0.4) is 0 Å². The Morgan fingerprint density at radius 1 is 1.12 bits per heavy atom. The largest absolute Gasteiger partial charge is 0.494 e. The summed E-state index contributed by atoms with van der Waals surface area (Å²) < 4.78 is 10.6. The quantitative estimate of drug-likeness (QED) is 0.604. The molecular formula is C20H23NO5. The molecule has 1 aromatic carbocycles. The minimum Gasteiger partial charge on any atom is -0.494 e. The summed E-state index contributed by atoms with van der Waals surface area (Å²) in [6, 6.07) is 6.66. The second kappa shape index (κ2) is 7.99. The lowest BCUT2D eigenvalue weighted by Crippen LogP contribution is -2.25. The van der Waals surface area contributed by atoms with E-state index < -0.39 is 12.1 Å². The highest BCUT2D eigenvalue weighted by molar-refractivity contribution is 6.03. The Kier molecular flexibility index (Phi) is 5.97. The van der Waals surface area contributed by atoms with Gasteiger partial charge in [0, 0.05) is 16.8 Å². The van der Waals surface area contributed by atoms with Crippen LogP contribution >= 0.6 is 0 Å². The van der Waals surface area contributed by atoms with Gasteiger partial charge in [-0.25, -0.2) is 4.79 Å². The Balaban J connectivity index is 2.12. The molecule has 138 valence electrons. The van der Waals surface area contributed by atoms with E-state index in [0.717, 1.165) is 0 Å². The molecule has 1 N–H and O–H groups in total. The van der Waals surface area contributed by atoms with Gasteiger partial charge in [-0.3, -0.25) is 9.59 Å². The van der Waals surface area contributed by atoms with E-state index in [2.05, 4.69) is 4.98 Å². The van der Waals surface area contributed by atoms with Crippen LogP contribution in [0.5, 0.6) is 5.75 Å². The first-order chi connectivity index (χ1) is 12.3. The number of Topliss-reactive ketones (excluding diaryl/α,β-unsaturated/α-hetero) is 2. The number of aromatic nitrogens is 1. The van der Waals surface area contributed by atoms with E-state index in [0.29, 0.717) is 34.7 Å². The van der Waals surface area contributed by atoms with E-state index in [1.54, 1.807) is 38.1 Å². The van der Waals surface area contributed by atoms with Crippen molar-refractivity contribution >= 4 is 17.5 Å². The maximum atomic E-state index is 12.5. The van der Waals surface area contributed by atoms with E-state index in [1.165, 1.54) is 13.8 Å². The summed E-state index contributed by atoms with van der Waals surface area (Å²) in [4.78, 5) is 39.4. The van der Waals surface area contributed by atoms with Gasteiger partial charge in [-0.05, 0) is 64.4 Å². The molecule has 1 atom stereocenters. The van der Waals surface area contributed by atoms with Crippen molar-refractivity contribution < 1.29 is 23.9 Å². The zero-order chi connectivity index (χ0) is 19.4. The Bertz CT molecular complexity index is 833. The highest BCUT2D eigenvalue weighted by Crippen LogP contribution is 2.20. The predicted molar refractivity (Wildman–Crippen MR) is 97.1 cm³/mol. The molecule has 0 fully saturated rings. The fraction of sp³-hybridized carbons (Fsp3) is 0.350. The van der Waals surface area contributed by atoms with E-state index in [4.69, 9.17) is 9.47 Å². The number of rotatable bonds is 7. The Morgan fingerprint density at radius 2 is 1.73 bits per heavy atom. The molecule has 26 heavy (non-hydrogen) atoms. The van der Waals surface area contributed by atoms with Crippen molar-refractivity contribution in [1.29, 1.82) is 0 Å². The van der Waals surface area contributed by atoms with E-state index >= 15 is 0 Å². The standard InChI is InChI=1S/C20H23NO5/c1-6-25-16-9-7-15(8-10-16)19(23)14(5)26-20(24)18-11(2)17(13(4)22)12(3)21-18/h7-10,14,21H,6H2,1-5H3/t14-/m1/s1. The molecule has 0 amide bonds. The normalized spacial score (nSPS) is 11.7. The number of aromatic amines is 1. The third-order valence-corrected chi connectivity index (χ3v) is 4.10. The van der Waals surface area contributed by atoms with Gasteiger partial charge in [0.25, 0.3) is 0 Å². The van der Waals surface area contributed by atoms with Crippen LogP contribution in [0.4, 0.5) is 0 Å². The molecule has 1 heterocycles. The minimum absolute atomic E-state index is 0.131. The number of ether oxygens (including phenoxy) is 2. The molecule has 0 radical (unpaired) electrons. The number of H-pyrrole nitrogens is 1. The smallest absolute Gasteiger partial charge is 0.355 e.